The number of hydrogen-bond acceptors (Lipinski definition) is 5. The van der Waals surface area contributed by atoms with E-state index in [0.29, 0.717) is 34.5 Å². The van der Waals surface area contributed by atoms with Crippen LogP contribution >= 0.6 is 0 Å². The van der Waals surface area contributed by atoms with Crippen molar-refractivity contribution in [3.05, 3.63) is 71.8 Å². The molecule has 5 rings (SSSR count). The van der Waals surface area contributed by atoms with E-state index < -0.39 is 16.0 Å². The van der Waals surface area contributed by atoms with Crippen LogP contribution in [0.5, 0.6) is 5.75 Å². The molecule has 3 aromatic carbocycles. The van der Waals surface area contributed by atoms with E-state index in [4.69, 9.17) is 4.74 Å². The molecule has 3 aromatic rings. The fourth-order valence-corrected chi connectivity index (χ4v) is 6.37. The zero-order chi connectivity index (χ0) is 24.0. The summed E-state index contributed by atoms with van der Waals surface area (Å²) in [7, 11) is -2.16. The Morgan fingerprint density at radius 2 is 1.85 bits per heavy atom. The summed E-state index contributed by atoms with van der Waals surface area (Å²) in [6.07, 6.45) is 2.15. The van der Waals surface area contributed by atoms with E-state index in [0.717, 1.165) is 18.5 Å². The number of nitrogens with zero attached hydrogens (tertiary/aromatic N) is 2. The molecule has 0 unspecified atom stereocenters. The van der Waals surface area contributed by atoms with Crippen LogP contribution in [0.4, 0.5) is 11.4 Å². The molecule has 0 saturated heterocycles. The van der Waals surface area contributed by atoms with E-state index >= 15 is 0 Å². The van der Waals surface area contributed by atoms with E-state index in [2.05, 4.69) is 11.8 Å². The zero-order valence-corrected chi connectivity index (χ0v) is 19.9. The highest BCUT2D eigenvalue weighted by molar-refractivity contribution is 7.89. The van der Waals surface area contributed by atoms with Crippen molar-refractivity contribution < 1.29 is 23.1 Å². The van der Waals surface area contributed by atoms with Crippen LogP contribution in [-0.4, -0.2) is 37.0 Å². The number of ether oxygens (including phenoxy) is 1. The minimum atomic E-state index is -3.78. The monoisotopic (exact) mass is 478 g/mol. The summed E-state index contributed by atoms with van der Waals surface area (Å²) in [5, 5.41) is 9.59. The third kappa shape index (κ3) is 3.45. The number of rotatable bonds is 5. The average molecular weight is 479 g/mol. The summed E-state index contributed by atoms with van der Waals surface area (Å²) in [5.74, 6) is -0.494. The van der Waals surface area contributed by atoms with Crippen molar-refractivity contribution in [1.82, 2.24) is 4.31 Å². The van der Waals surface area contributed by atoms with Gasteiger partial charge in [0.25, 0.3) is 0 Å². The molecule has 0 amide bonds. The van der Waals surface area contributed by atoms with Gasteiger partial charge in [0.1, 0.15) is 23.4 Å². The van der Waals surface area contributed by atoms with Crippen LogP contribution in [0.2, 0.25) is 0 Å². The Balaban J connectivity index is 1.75. The first-order valence-electron chi connectivity index (χ1n) is 11.3. The SMILES string of the molecule is CCCC[C@@H]1N(c2ccccc2)c2cc3c(cc2S(=O)(=O)N1C)-c1cccc(C(=O)O)c1CO3. The van der Waals surface area contributed by atoms with Crippen LogP contribution in [0.15, 0.2) is 65.6 Å². The summed E-state index contributed by atoms with van der Waals surface area (Å²) in [6, 6.07) is 18.2. The first-order valence-corrected chi connectivity index (χ1v) is 12.8. The molecule has 2 aliphatic rings. The summed E-state index contributed by atoms with van der Waals surface area (Å²) in [5.41, 5.74) is 3.44. The molecule has 0 saturated carbocycles. The van der Waals surface area contributed by atoms with Gasteiger partial charge in [0.2, 0.25) is 10.0 Å². The highest BCUT2D eigenvalue weighted by atomic mass is 32.2. The maximum atomic E-state index is 13.7. The van der Waals surface area contributed by atoms with Gasteiger partial charge in [-0.05, 0) is 36.2 Å². The van der Waals surface area contributed by atoms with Gasteiger partial charge in [-0.3, -0.25) is 0 Å². The first-order chi connectivity index (χ1) is 16.3. The minimum absolute atomic E-state index is 0.112. The predicted molar refractivity (Wildman–Crippen MR) is 130 cm³/mol. The van der Waals surface area contributed by atoms with Gasteiger partial charge in [0.05, 0.1) is 11.3 Å². The zero-order valence-electron chi connectivity index (χ0n) is 19.1. The second-order valence-corrected chi connectivity index (χ2v) is 10.6. The molecule has 7 nitrogen and oxygen atoms in total. The van der Waals surface area contributed by atoms with Crippen molar-refractivity contribution in [3.63, 3.8) is 0 Å². The smallest absolute Gasteiger partial charge is 0.336 e. The summed E-state index contributed by atoms with van der Waals surface area (Å²) >= 11 is 0. The lowest BCUT2D eigenvalue weighted by Gasteiger charge is -2.44. The van der Waals surface area contributed by atoms with E-state index in [1.807, 2.05) is 36.4 Å². The van der Waals surface area contributed by atoms with Gasteiger partial charge in [-0.25, -0.2) is 13.2 Å². The Morgan fingerprint density at radius 1 is 1.09 bits per heavy atom. The molecule has 0 aromatic heterocycles. The molecule has 2 aliphatic heterocycles. The molecule has 8 heteroatoms. The third-order valence-electron chi connectivity index (χ3n) is 6.61. The number of hydrogen-bond donors (Lipinski definition) is 1. The van der Waals surface area contributed by atoms with E-state index in [-0.39, 0.29) is 23.2 Å². The van der Waals surface area contributed by atoms with Crippen LogP contribution in [0, 0.1) is 0 Å². The van der Waals surface area contributed by atoms with Crippen LogP contribution in [0.1, 0.15) is 42.1 Å². The largest absolute Gasteiger partial charge is 0.488 e. The number of carboxylic acids is 1. The number of para-hydroxylation sites is 1. The van der Waals surface area contributed by atoms with Gasteiger partial charge in [0.15, 0.2) is 0 Å². The van der Waals surface area contributed by atoms with Crippen molar-refractivity contribution in [3.8, 4) is 16.9 Å². The number of fused-ring (bicyclic) bond motifs is 4. The van der Waals surface area contributed by atoms with Crippen LogP contribution in [0.3, 0.4) is 0 Å². The van der Waals surface area contributed by atoms with E-state index in [1.54, 1.807) is 25.2 Å². The lowest BCUT2D eigenvalue weighted by Crippen LogP contribution is -2.51. The Labute approximate surface area is 199 Å². The van der Waals surface area contributed by atoms with Gasteiger partial charge >= 0.3 is 5.97 Å². The number of benzene rings is 3. The highest BCUT2D eigenvalue weighted by Crippen LogP contribution is 2.49. The Morgan fingerprint density at radius 3 is 2.56 bits per heavy atom. The topological polar surface area (TPSA) is 87.2 Å². The number of aromatic carboxylic acids is 1. The lowest BCUT2D eigenvalue weighted by atomic mass is 9.93. The van der Waals surface area contributed by atoms with Crippen LogP contribution in [-0.2, 0) is 16.6 Å². The summed E-state index contributed by atoms with van der Waals surface area (Å²) in [6.45, 7) is 2.20. The van der Waals surface area contributed by atoms with Crippen LogP contribution < -0.4 is 9.64 Å². The first kappa shape index (κ1) is 22.4. The minimum Gasteiger partial charge on any atom is -0.488 e. The molecule has 2 heterocycles. The van der Waals surface area contributed by atoms with Gasteiger partial charge in [0, 0.05) is 29.9 Å². The second-order valence-electron chi connectivity index (χ2n) is 8.59. The number of sulfonamides is 1. The Hall–Kier alpha value is -3.36. The number of unbranched alkanes of at least 4 members (excludes halogenated alkanes) is 1. The molecule has 0 aliphatic carbocycles. The molecular weight excluding hydrogens is 452 g/mol. The van der Waals surface area contributed by atoms with Crippen LogP contribution in [0.25, 0.3) is 11.1 Å². The Bertz CT molecular complexity index is 1370. The maximum absolute atomic E-state index is 13.7. The third-order valence-corrected chi connectivity index (χ3v) is 8.50. The van der Waals surface area contributed by atoms with Crippen molar-refractivity contribution in [2.45, 2.75) is 43.9 Å². The predicted octanol–water partition coefficient (Wildman–Crippen LogP) is 5.23. The fourth-order valence-electron chi connectivity index (χ4n) is 4.85. The molecular formula is C26H26N2O5S. The number of anilines is 2. The van der Waals surface area contributed by atoms with Crippen molar-refractivity contribution in [1.29, 1.82) is 0 Å². The van der Waals surface area contributed by atoms with Gasteiger partial charge in [-0.2, -0.15) is 4.31 Å². The fraction of sp³-hybridized carbons (Fsp3) is 0.269. The van der Waals surface area contributed by atoms with E-state index in [1.165, 1.54) is 10.4 Å². The molecule has 0 spiro atoms. The number of carbonyl (C=O) groups is 1. The summed E-state index contributed by atoms with van der Waals surface area (Å²) < 4.78 is 34.8. The number of carboxylic acid groups (broad SMARTS) is 1. The molecule has 0 radical (unpaired) electrons. The molecule has 176 valence electrons. The standard InChI is InChI=1S/C26H26N2O5S/c1-3-4-13-25-27(2)34(31,32)24-14-20-18-11-8-12-19(26(29)30)21(18)16-33-23(20)15-22(24)28(25)17-9-6-5-7-10-17/h5-12,14-15,25H,3-4,13,16H2,1-2H3,(H,29,30)/t25-/m0/s1. The molecule has 0 fully saturated rings. The van der Waals surface area contributed by atoms with Gasteiger partial charge < -0.3 is 14.7 Å². The second kappa shape index (κ2) is 8.45. The van der Waals surface area contributed by atoms with Gasteiger partial charge in [-0.15, -0.1) is 0 Å². The normalized spacial score (nSPS) is 18.4. The lowest BCUT2D eigenvalue weighted by molar-refractivity contribution is 0.0693. The highest BCUT2D eigenvalue weighted by Gasteiger charge is 2.42. The maximum Gasteiger partial charge on any atom is 0.336 e. The van der Waals surface area contributed by atoms with E-state index in [9.17, 15) is 18.3 Å². The molecule has 0 bridgehead atoms. The molecule has 34 heavy (non-hydrogen) atoms. The molecule has 1 atom stereocenters. The Kier molecular flexibility index (Phi) is 5.58. The van der Waals surface area contributed by atoms with Crippen molar-refractivity contribution >= 4 is 27.4 Å². The van der Waals surface area contributed by atoms with Gasteiger partial charge in [-0.1, -0.05) is 50.1 Å². The summed E-state index contributed by atoms with van der Waals surface area (Å²) in [4.78, 5) is 14.0. The van der Waals surface area contributed by atoms with Crippen molar-refractivity contribution in [2.24, 2.45) is 0 Å². The molecule has 1 N–H and O–H groups in total. The van der Waals surface area contributed by atoms with Crippen molar-refractivity contribution in [2.75, 3.05) is 11.9 Å². The average Bonchev–Trinajstić information content (AvgIpc) is 2.84. The quantitative estimate of drug-likeness (QED) is 0.540.